The van der Waals surface area contributed by atoms with E-state index < -0.39 is 15.5 Å². The predicted octanol–water partition coefficient (Wildman–Crippen LogP) is -1.59. The Labute approximate surface area is 59.6 Å². The van der Waals surface area contributed by atoms with E-state index in [1.807, 2.05) is 0 Å². The quantitative estimate of drug-likeness (QED) is 0.459. The zero-order valence-corrected chi connectivity index (χ0v) is 6.13. The van der Waals surface area contributed by atoms with Crippen molar-refractivity contribution in [2.45, 2.75) is 5.37 Å². The van der Waals surface area contributed by atoms with Gasteiger partial charge in [0.25, 0.3) is 10.1 Å². The van der Waals surface area contributed by atoms with Gasteiger partial charge in [-0.05, 0) is 0 Å². The fourth-order valence-corrected chi connectivity index (χ4v) is 1.40. The second-order valence-corrected chi connectivity index (χ2v) is 3.65. The summed E-state index contributed by atoms with van der Waals surface area (Å²) in [5.41, 5.74) is 0. The van der Waals surface area contributed by atoms with Gasteiger partial charge in [0.2, 0.25) is 0 Å². The molecule has 0 spiro atoms. The van der Waals surface area contributed by atoms with Crippen LogP contribution in [-0.4, -0.2) is 38.0 Å². The summed E-state index contributed by atoms with van der Waals surface area (Å²) >= 11 is 0. The molecule has 1 atom stereocenters. The first-order valence-electron chi connectivity index (χ1n) is 2.94. The first kappa shape index (κ1) is 7.93. The van der Waals surface area contributed by atoms with E-state index in [0.717, 1.165) is 0 Å². The Balaban J connectivity index is 2.56. The Morgan fingerprint density at radius 3 is 2.60 bits per heavy atom. The van der Waals surface area contributed by atoms with Crippen LogP contribution in [-0.2, 0) is 10.1 Å². The maximum absolute atomic E-state index is 10.4. The highest BCUT2D eigenvalue weighted by molar-refractivity contribution is 7.86. The summed E-state index contributed by atoms with van der Waals surface area (Å²) in [6.07, 6.45) is 0. The lowest BCUT2D eigenvalue weighted by Crippen LogP contribution is -2.47. The normalized spacial score (nSPS) is 28.3. The summed E-state index contributed by atoms with van der Waals surface area (Å²) in [4.78, 5) is 0. The number of nitrogens with zero attached hydrogens (tertiary/aromatic N) is 1. The van der Waals surface area contributed by atoms with Crippen LogP contribution in [0.1, 0.15) is 0 Å². The largest absolute Gasteiger partial charge is 0.313 e. The lowest BCUT2D eigenvalue weighted by atomic mass is 10.4. The van der Waals surface area contributed by atoms with Crippen molar-refractivity contribution in [2.75, 3.05) is 19.6 Å². The minimum atomic E-state index is -3.96. The van der Waals surface area contributed by atoms with Gasteiger partial charge in [-0.1, -0.05) is 0 Å². The molecular weight excluding hydrogens is 156 g/mol. The molecule has 10 heavy (non-hydrogen) atoms. The number of piperazine rings is 1. The standard InChI is InChI=1S/C4H9N2O3S/c7-10(8,9)4-3-5-1-2-6-4/h4-5H,1-3H2,(H,7,8,9). The molecule has 0 saturated carbocycles. The van der Waals surface area contributed by atoms with Crippen LogP contribution < -0.4 is 10.6 Å². The summed E-state index contributed by atoms with van der Waals surface area (Å²) in [5.74, 6) is 0. The Hall–Kier alpha value is -0.170. The van der Waals surface area contributed by atoms with E-state index in [1.165, 1.54) is 0 Å². The zero-order chi connectivity index (χ0) is 7.61. The van der Waals surface area contributed by atoms with Crippen molar-refractivity contribution in [1.82, 2.24) is 10.6 Å². The molecule has 0 aromatic heterocycles. The molecule has 0 aromatic rings. The summed E-state index contributed by atoms with van der Waals surface area (Å²) in [5, 5.41) is 5.55. The Morgan fingerprint density at radius 2 is 2.30 bits per heavy atom. The molecule has 1 saturated heterocycles. The molecule has 6 heteroatoms. The third-order valence-corrected chi connectivity index (χ3v) is 2.29. The van der Waals surface area contributed by atoms with E-state index in [0.29, 0.717) is 13.1 Å². The minimum absolute atomic E-state index is 0.221. The molecule has 0 bridgehead atoms. The molecular formula is C4H9N2O3S. The third kappa shape index (κ3) is 1.91. The highest BCUT2D eigenvalue weighted by Gasteiger charge is 2.25. The first-order chi connectivity index (χ1) is 4.61. The predicted molar refractivity (Wildman–Crippen MR) is 35.2 cm³/mol. The molecule has 0 aliphatic carbocycles. The molecule has 5 nitrogen and oxygen atoms in total. The van der Waals surface area contributed by atoms with Gasteiger partial charge in [-0.2, -0.15) is 8.42 Å². The SMILES string of the molecule is O=S(=O)(O)C1CNCC[N]1. The van der Waals surface area contributed by atoms with Crippen LogP contribution in [0.5, 0.6) is 0 Å². The van der Waals surface area contributed by atoms with E-state index in [4.69, 9.17) is 4.55 Å². The second kappa shape index (κ2) is 2.83. The van der Waals surface area contributed by atoms with Gasteiger partial charge >= 0.3 is 0 Å². The molecule has 1 aliphatic rings. The molecule has 2 N–H and O–H groups in total. The van der Waals surface area contributed by atoms with Gasteiger partial charge in [0.15, 0.2) is 5.37 Å². The van der Waals surface area contributed by atoms with Gasteiger partial charge in [0.05, 0.1) is 0 Å². The van der Waals surface area contributed by atoms with Crippen molar-refractivity contribution in [3.63, 3.8) is 0 Å². The van der Waals surface area contributed by atoms with Crippen LogP contribution in [0.2, 0.25) is 0 Å². The van der Waals surface area contributed by atoms with Crippen LogP contribution in [0.15, 0.2) is 0 Å². The molecule has 59 valence electrons. The summed E-state index contributed by atoms with van der Waals surface area (Å²) < 4.78 is 29.3. The Kier molecular flexibility index (Phi) is 2.24. The van der Waals surface area contributed by atoms with Gasteiger partial charge in [-0.25, -0.2) is 5.32 Å². The average Bonchev–Trinajstić information content (AvgIpc) is 1.88. The van der Waals surface area contributed by atoms with Gasteiger partial charge in [0.1, 0.15) is 0 Å². The zero-order valence-electron chi connectivity index (χ0n) is 5.32. The third-order valence-electron chi connectivity index (χ3n) is 1.28. The summed E-state index contributed by atoms with van der Waals surface area (Å²) in [6.45, 7) is 1.36. The molecule has 1 fully saturated rings. The lowest BCUT2D eigenvalue weighted by molar-refractivity contribution is 0.415. The molecule has 0 amide bonds. The lowest BCUT2D eigenvalue weighted by Gasteiger charge is -2.19. The van der Waals surface area contributed by atoms with Crippen molar-refractivity contribution in [3.8, 4) is 0 Å². The van der Waals surface area contributed by atoms with Crippen LogP contribution in [0, 0.1) is 0 Å². The smallest absolute Gasteiger partial charge is 0.283 e. The van der Waals surface area contributed by atoms with Gasteiger partial charge in [0, 0.05) is 19.6 Å². The molecule has 1 aliphatic heterocycles. The first-order valence-corrected chi connectivity index (χ1v) is 4.44. The van der Waals surface area contributed by atoms with Crippen LogP contribution >= 0.6 is 0 Å². The topological polar surface area (TPSA) is 80.5 Å². The van der Waals surface area contributed by atoms with Crippen molar-refractivity contribution >= 4 is 10.1 Å². The van der Waals surface area contributed by atoms with E-state index in [-0.39, 0.29) is 6.54 Å². The van der Waals surface area contributed by atoms with Gasteiger partial charge in [-0.15, -0.1) is 0 Å². The monoisotopic (exact) mass is 165 g/mol. The maximum atomic E-state index is 10.4. The van der Waals surface area contributed by atoms with E-state index in [9.17, 15) is 8.42 Å². The van der Waals surface area contributed by atoms with Crippen LogP contribution in [0.4, 0.5) is 0 Å². The van der Waals surface area contributed by atoms with Crippen molar-refractivity contribution in [1.29, 1.82) is 0 Å². The minimum Gasteiger partial charge on any atom is -0.313 e. The number of hydrogen-bond acceptors (Lipinski definition) is 3. The second-order valence-electron chi connectivity index (χ2n) is 2.08. The van der Waals surface area contributed by atoms with Gasteiger partial charge in [-0.3, -0.25) is 4.55 Å². The fourth-order valence-electron chi connectivity index (χ4n) is 0.777. The maximum Gasteiger partial charge on any atom is 0.283 e. The number of rotatable bonds is 1. The molecule has 1 rings (SSSR count). The van der Waals surface area contributed by atoms with E-state index in [1.54, 1.807) is 0 Å². The Bertz CT molecular complexity index is 195. The van der Waals surface area contributed by atoms with Crippen LogP contribution in [0.25, 0.3) is 0 Å². The van der Waals surface area contributed by atoms with E-state index in [2.05, 4.69) is 10.6 Å². The van der Waals surface area contributed by atoms with E-state index >= 15 is 0 Å². The number of hydrogen-bond donors (Lipinski definition) is 2. The highest BCUT2D eigenvalue weighted by Crippen LogP contribution is 1.96. The number of nitrogens with one attached hydrogen (secondary N) is 1. The average molecular weight is 165 g/mol. The van der Waals surface area contributed by atoms with Gasteiger partial charge < -0.3 is 5.32 Å². The van der Waals surface area contributed by atoms with Crippen LogP contribution in [0.3, 0.4) is 0 Å². The Morgan fingerprint density at radius 1 is 1.60 bits per heavy atom. The van der Waals surface area contributed by atoms with Crippen molar-refractivity contribution < 1.29 is 13.0 Å². The van der Waals surface area contributed by atoms with Crippen molar-refractivity contribution in [2.24, 2.45) is 0 Å². The fraction of sp³-hybridized carbons (Fsp3) is 1.00. The highest BCUT2D eigenvalue weighted by atomic mass is 32.2. The van der Waals surface area contributed by atoms with Crippen molar-refractivity contribution in [3.05, 3.63) is 0 Å². The molecule has 1 radical (unpaired) electrons. The molecule has 1 heterocycles. The summed E-state index contributed by atoms with van der Waals surface area (Å²) in [7, 11) is -3.96. The molecule has 1 unspecified atom stereocenters. The summed E-state index contributed by atoms with van der Waals surface area (Å²) in [6, 6.07) is 0. The molecule has 0 aromatic carbocycles.